The van der Waals surface area contributed by atoms with Crippen molar-refractivity contribution < 1.29 is 9.18 Å². The topological polar surface area (TPSA) is 131 Å². The number of hydrogen-bond acceptors (Lipinski definition) is 5. The van der Waals surface area contributed by atoms with Gasteiger partial charge in [0.15, 0.2) is 5.96 Å². The third-order valence-electron chi connectivity index (χ3n) is 5.76. The first-order valence-corrected chi connectivity index (χ1v) is 11.1. The molecule has 2 atom stereocenters. The van der Waals surface area contributed by atoms with Crippen LogP contribution < -0.4 is 22.1 Å². The number of aryl methyl sites for hydroxylation is 1. The van der Waals surface area contributed by atoms with E-state index in [9.17, 15) is 9.18 Å². The molecule has 2 aromatic carbocycles. The van der Waals surface area contributed by atoms with Crippen LogP contribution >= 0.6 is 0 Å². The number of hydrogen-bond donors (Lipinski definition) is 4. The summed E-state index contributed by atoms with van der Waals surface area (Å²) in [5.41, 5.74) is 13.6. The fourth-order valence-corrected chi connectivity index (χ4v) is 4.16. The van der Waals surface area contributed by atoms with Gasteiger partial charge >= 0.3 is 0 Å². The van der Waals surface area contributed by atoms with Crippen molar-refractivity contribution in [2.24, 2.45) is 16.5 Å². The Labute approximate surface area is 191 Å². The highest BCUT2D eigenvalue weighted by molar-refractivity contribution is 5.96. The van der Waals surface area contributed by atoms with Gasteiger partial charge in [-0.1, -0.05) is 36.6 Å². The number of fused-ring (bicyclic) bond motifs is 1. The average molecular weight is 450 g/mol. The minimum absolute atomic E-state index is 0.0114. The van der Waals surface area contributed by atoms with E-state index in [1.807, 2.05) is 25.1 Å². The Balaban J connectivity index is 1.63. The molecule has 1 heterocycles. The molecule has 0 radical (unpaired) electrons. The molecule has 1 saturated carbocycles. The van der Waals surface area contributed by atoms with Gasteiger partial charge in [-0.05, 0) is 49.6 Å². The first-order chi connectivity index (χ1) is 15.9. The number of halogens is 1. The van der Waals surface area contributed by atoms with Gasteiger partial charge in [-0.3, -0.25) is 4.79 Å². The summed E-state index contributed by atoms with van der Waals surface area (Å²) in [6.45, 7) is 2.16. The normalized spacial score (nSPS) is 18.0. The number of aliphatic imine (C=N–C) groups is 1. The molecular formula is C24H28FN7O. The molecule has 6 N–H and O–H groups in total. The van der Waals surface area contributed by atoms with E-state index in [4.69, 9.17) is 11.5 Å². The maximum absolute atomic E-state index is 13.4. The molecule has 9 heteroatoms. The van der Waals surface area contributed by atoms with Crippen molar-refractivity contribution in [1.82, 2.24) is 15.3 Å². The van der Waals surface area contributed by atoms with E-state index in [1.165, 1.54) is 12.1 Å². The summed E-state index contributed by atoms with van der Waals surface area (Å²) >= 11 is 0. The molecule has 33 heavy (non-hydrogen) atoms. The van der Waals surface area contributed by atoms with Crippen molar-refractivity contribution in [2.45, 2.75) is 51.2 Å². The smallest absolute Gasteiger partial charge is 0.289 e. The van der Waals surface area contributed by atoms with E-state index in [1.54, 1.807) is 12.1 Å². The molecule has 1 aliphatic rings. The van der Waals surface area contributed by atoms with Gasteiger partial charge in [0.05, 0.1) is 17.6 Å². The third-order valence-corrected chi connectivity index (χ3v) is 5.76. The highest BCUT2D eigenvalue weighted by Gasteiger charge is 2.26. The monoisotopic (exact) mass is 449 g/mol. The lowest BCUT2D eigenvalue weighted by molar-refractivity contribution is 0.0941. The van der Waals surface area contributed by atoms with Crippen LogP contribution in [-0.4, -0.2) is 33.9 Å². The fraction of sp³-hybridized carbons (Fsp3) is 0.333. The zero-order valence-corrected chi connectivity index (χ0v) is 18.5. The van der Waals surface area contributed by atoms with E-state index in [0.717, 1.165) is 36.6 Å². The number of aromatic nitrogens is 2. The number of rotatable bonds is 6. The van der Waals surface area contributed by atoms with Gasteiger partial charge in [0, 0.05) is 11.9 Å². The molecule has 0 unspecified atom stereocenters. The standard InChI is InChI=1S/C24H28FN7O/c1-14-9-10-18-17(11-14)21(30-19-7-2-3-8-20(19)31-24(26)27)32-22(29-18)23(33)28-13-15-5-4-6-16(25)12-15/h4-6,9-12,19-20H,2-3,7-8,13H2,1H3,(H,28,33)(H4,26,27,31)(H,29,30,32)/t19-,20+/m0/s1. The lowest BCUT2D eigenvalue weighted by atomic mass is 9.90. The van der Waals surface area contributed by atoms with E-state index in [-0.39, 0.29) is 36.2 Å². The van der Waals surface area contributed by atoms with Gasteiger partial charge < -0.3 is 22.1 Å². The quantitative estimate of drug-likeness (QED) is 0.338. The molecule has 3 aromatic rings. The highest BCUT2D eigenvalue weighted by atomic mass is 19.1. The van der Waals surface area contributed by atoms with Gasteiger partial charge in [0.1, 0.15) is 11.6 Å². The summed E-state index contributed by atoms with van der Waals surface area (Å²) in [4.78, 5) is 26.3. The number of guanidine groups is 1. The summed E-state index contributed by atoms with van der Waals surface area (Å²) in [5, 5.41) is 7.08. The van der Waals surface area contributed by atoms with Crippen LogP contribution in [0.25, 0.3) is 10.9 Å². The molecule has 0 spiro atoms. The molecule has 1 amide bonds. The van der Waals surface area contributed by atoms with Crippen LogP contribution in [0.2, 0.25) is 0 Å². The van der Waals surface area contributed by atoms with Gasteiger partial charge in [0.2, 0.25) is 5.82 Å². The summed E-state index contributed by atoms with van der Waals surface area (Å²) in [5.74, 6) is -0.112. The Kier molecular flexibility index (Phi) is 6.67. The van der Waals surface area contributed by atoms with Gasteiger partial charge in [-0.2, -0.15) is 0 Å². The van der Waals surface area contributed by atoms with E-state index in [2.05, 4.69) is 25.6 Å². The van der Waals surface area contributed by atoms with Crippen LogP contribution in [0.15, 0.2) is 47.5 Å². The molecule has 4 rings (SSSR count). The zero-order chi connectivity index (χ0) is 23.4. The number of nitrogens with two attached hydrogens (primary N) is 2. The Morgan fingerprint density at radius 3 is 2.76 bits per heavy atom. The van der Waals surface area contributed by atoms with Crippen LogP contribution in [0.1, 0.15) is 47.4 Å². The van der Waals surface area contributed by atoms with Crippen molar-refractivity contribution in [3.05, 3.63) is 65.2 Å². The largest absolute Gasteiger partial charge is 0.370 e. The second kappa shape index (κ2) is 9.81. The molecule has 8 nitrogen and oxygen atoms in total. The second-order valence-electron chi connectivity index (χ2n) is 8.39. The summed E-state index contributed by atoms with van der Waals surface area (Å²) in [6, 6.07) is 11.8. The van der Waals surface area contributed by atoms with E-state index >= 15 is 0 Å². The Morgan fingerprint density at radius 2 is 1.97 bits per heavy atom. The summed E-state index contributed by atoms with van der Waals surface area (Å²) in [7, 11) is 0. The predicted octanol–water partition coefficient (Wildman–Crippen LogP) is 3.00. The molecule has 1 aromatic heterocycles. The maximum atomic E-state index is 13.4. The number of nitrogens with zero attached hydrogens (tertiary/aromatic N) is 3. The van der Waals surface area contributed by atoms with E-state index in [0.29, 0.717) is 16.9 Å². The van der Waals surface area contributed by atoms with Crippen molar-refractivity contribution >= 4 is 28.6 Å². The molecule has 172 valence electrons. The lowest BCUT2D eigenvalue weighted by Gasteiger charge is -2.30. The van der Waals surface area contributed by atoms with E-state index < -0.39 is 5.91 Å². The number of benzene rings is 2. The Bertz CT molecular complexity index is 1190. The molecular weight excluding hydrogens is 421 g/mol. The highest BCUT2D eigenvalue weighted by Crippen LogP contribution is 2.28. The second-order valence-corrected chi connectivity index (χ2v) is 8.39. The van der Waals surface area contributed by atoms with Gasteiger partial charge in [0.25, 0.3) is 5.91 Å². The van der Waals surface area contributed by atoms with Crippen molar-refractivity contribution in [2.75, 3.05) is 5.32 Å². The molecule has 1 fully saturated rings. The zero-order valence-electron chi connectivity index (χ0n) is 18.5. The van der Waals surface area contributed by atoms with Crippen molar-refractivity contribution in [3.63, 3.8) is 0 Å². The minimum Gasteiger partial charge on any atom is -0.370 e. The van der Waals surface area contributed by atoms with Crippen LogP contribution in [0.3, 0.4) is 0 Å². The molecule has 0 bridgehead atoms. The number of amides is 1. The number of carbonyl (C=O) groups excluding carboxylic acids is 1. The number of carbonyl (C=O) groups is 1. The molecule has 1 aliphatic carbocycles. The Hall–Kier alpha value is -3.75. The molecule has 0 saturated heterocycles. The average Bonchev–Trinajstić information content (AvgIpc) is 2.78. The number of anilines is 1. The van der Waals surface area contributed by atoms with Crippen molar-refractivity contribution in [1.29, 1.82) is 0 Å². The number of nitrogens with one attached hydrogen (secondary N) is 2. The van der Waals surface area contributed by atoms with Crippen LogP contribution in [0.4, 0.5) is 10.2 Å². The third kappa shape index (κ3) is 5.54. The SMILES string of the molecule is Cc1ccc2nc(C(=O)NCc3cccc(F)c3)nc(N[C@H]3CCCC[C@H]3N=C(N)N)c2c1. The maximum Gasteiger partial charge on any atom is 0.289 e. The first kappa shape index (κ1) is 22.4. The Morgan fingerprint density at radius 1 is 1.15 bits per heavy atom. The minimum atomic E-state index is -0.436. The van der Waals surface area contributed by atoms with Gasteiger partial charge in [-0.25, -0.2) is 19.4 Å². The van der Waals surface area contributed by atoms with Crippen LogP contribution in [-0.2, 0) is 6.54 Å². The van der Waals surface area contributed by atoms with Gasteiger partial charge in [-0.15, -0.1) is 0 Å². The van der Waals surface area contributed by atoms with Crippen LogP contribution in [0.5, 0.6) is 0 Å². The predicted molar refractivity (Wildman–Crippen MR) is 127 cm³/mol. The fourth-order valence-electron chi connectivity index (χ4n) is 4.16. The summed E-state index contributed by atoms with van der Waals surface area (Å²) < 4.78 is 13.4. The van der Waals surface area contributed by atoms with Crippen molar-refractivity contribution in [3.8, 4) is 0 Å². The lowest BCUT2D eigenvalue weighted by Crippen LogP contribution is -2.38. The van der Waals surface area contributed by atoms with Crippen LogP contribution in [0, 0.1) is 12.7 Å². The molecule has 0 aliphatic heterocycles. The first-order valence-electron chi connectivity index (χ1n) is 11.1. The summed E-state index contributed by atoms with van der Waals surface area (Å²) in [6.07, 6.45) is 3.87.